The first-order valence-electron chi connectivity index (χ1n) is 5.11. The van der Waals surface area contributed by atoms with Gasteiger partial charge in [0, 0.05) is 0 Å². The minimum absolute atomic E-state index is 0.435. The van der Waals surface area contributed by atoms with Crippen molar-refractivity contribution in [3.8, 4) is 0 Å². The van der Waals surface area contributed by atoms with Gasteiger partial charge in [0.25, 0.3) is 0 Å². The first-order valence-corrected chi connectivity index (χ1v) is 5.11. The SMILES string of the molecule is C[B]/C(C)=C(\N)CCCC(C)(C)C. The number of hydrogen-bond acceptors (Lipinski definition) is 1. The third-order valence-electron chi connectivity index (χ3n) is 2.31. The lowest BCUT2D eigenvalue weighted by Gasteiger charge is -2.17. The third kappa shape index (κ3) is 6.74. The summed E-state index contributed by atoms with van der Waals surface area (Å²) in [4.78, 5) is 0. The van der Waals surface area contributed by atoms with Crippen molar-refractivity contribution in [2.45, 2.75) is 53.8 Å². The highest BCUT2D eigenvalue weighted by molar-refractivity contribution is 6.43. The van der Waals surface area contributed by atoms with Crippen LogP contribution in [0.1, 0.15) is 47.0 Å². The van der Waals surface area contributed by atoms with E-state index >= 15 is 0 Å². The summed E-state index contributed by atoms with van der Waals surface area (Å²) < 4.78 is 0. The molecule has 0 atom stereocenters. The molecule has 0 saturated carbocycles. The Bertz CT molecular complexity index is 177. The average molecular weight is 180 g/mol. The first kappa shape index (κ1) is 12.6. The summed E-state index contributed by atoms with van der Waals surface area (Å²) in [6.45, 7) is 10.9. The van der Waals surface area contributed by atoms with Crippen molar-refractivity contribution in [1.82, 2.24) is 0 Å². The summed E-state index contributed by atoms with van der Waals surface area (Å²) in [5, 5.41) is 0. The van der Waals surface area contributed by atoms with Crippen molar-refractivity contribution >= 4 is 7.28 Å². The molecule has 2 heteroatoms. The minimum atomic E-state index is 0.435. The zero-order chi connectivity index (χ0) is 10.5. The number of hydrogen-bond donors (Lipinski definition) is 1. The Kier molecular flexibility index (Phi) is 5.20. The second-order valence-corrected chi connectivity index (χ2v) is 4.91. The van der Waals surface area contributed by atoms with Gasteiger partial charge < -0.3 is 5.73 Å². The van der Waals surface area contributed by atoms with Gasteiger partial charge in [-0.1, -0.05) is 40.0 Å². The molecule has 0 amide bonds. The van der Waals surface area contributed by atoms with Crippen LogP contribution in [0.3, 0.4) is 0 Å². The fourth-order valence-electron chi connectivity index (χ4n) is 1.19. The van der Waals surface area contributed by atoms with Crippen molar-refractivity contribution in [2.24, 2.45) is 11.1 Å². The predicted octanol–water partition coefficient (Wildman–Crippen LogP) is 3.15. The van der Waals surface area contributed by atoms with E-state index < -0.39 is 0 Å². The molecule has 0 aromatic rings. The Hall–Kier alpha value is -0.395. The van der Waals surface area contributed by atoms with Crippen LogP contribution in [0.15, 0.2) is 11.2 Å². The molecule has 0 fully saturated rings. The molecule has 0 aromatic heterocycles. The van der Waals surface area contributed by atoms with E-state index in [1.807, 2.05) is 6.82 Å². The fraction of sp³-hybridized carbons (Fsp3) is 0.818. The molecule has 0 saturated heterocycles. The zero-order valence-corrected chi connectivity index (χ0v) is 9.78. The lowest BCUT2D eigenvalue weighted by Crippen LogP contribution is -2.08. The van der Waals surface area contributed by atoms with Crippen LogP contribution < -0.4 is 5.73 Å². The molecule has 0 spiro atoms. The maximum Gasteiger partial charge on any atom is 0.144 e. The monoisotopic (exact) mass is 180 g/mol. The molecule has 13 heavy (non-hydrogen) atoms. The van der Waals surface area contributed by atoms with Gasteiger partial charge in [-0.15, -0.1) is 0 Å². The molecule has 0 bridgehead atoms. The predicted molar refractivity (Wildman–Crippen MR) is 61.8 cm³/mol. The van der Waals surface area contributed by atoms with E-state index in [9.17, 15) is 0 Å². The highest BCUT2D eigenvalue weighted by Crippen LogP contribution is 2.22. The smallest absolute Gasteiger partial charge is 0.144 e. The van der Waals surface area contributed by atoms with Gasteiger partial charge in [-0.3, -0.25) is 0 Å². The Morgan fingerprint density at radius 3 is 2.23 bits per heavy atom. The molecule has 75 valence electrons. The van der Waals surface area contributed by atoms with Gasteiger partial charge in [-0.05, 0) is 30.4 Å². The van der Waals surface area contributed by atoms with E-state index in [0.29, 0.717) is 5.41 Å². The quantitative estimate of drug-likeness (QED) is 0.660. The van der Waals surface area contributed by atoms with Gasteiger partial charge >= 0.3 is 0 Å². The number of allylic oxidation sites excluding steroid dienone is 2. The summed E-state index contributed by atoms with van der Waals surface area (Å²) in [6.07, 6.45) is 3.47. The number of rotatable bonds is 4. The summed E-state index contributed by atoms with van der Waals surface area (Å²) in [5.74, 6) is 0. The average Bonchev–Trinajstić information content (AvgIpc) is 2.00. The van der Waals surface area contributed by atoms with Crippen molar-refractivity contribution < 1.29 is 0 Å². The third-order valence-corrected chi connectivity index (χ3v) is 2.31. The van der Waals surface area contributed by atoms with Crippen molar-refractivity contribution in [3.63, 3.8) is 0 Å². The Morgan fingerprint density at radius 1 is 1.31 bits per heavy atom. The van der Waals surface area contributed by atoms with Gasteiger partial charge in [-0.2, -0.15) is 0 Å². The molecule has 0 aliphatic rings. The van der Waals surface area contributed by atoms with E-state index in [1.165, 1.54) is 18.3 Å². The van der Waals surface area contributed by atoms with Crippen LogP contribution in [-0.2, 0) is 0 Å². The number of nitrogens with two attached hydrogens (primary N) is 1. The summed E-state index contributed by atoms with van der Waals surface area (Å²) in [7, 11) is 2.08. The normalized spacial score (nSPS) is 13.9. The van der Waals surface area contributed by atoms with Crippen LogP contribution in [0, 0.1) is 5.41 Å². The van der Waals surface area contributed by atoms with Crippen LogP contribution >= 0.6 is 0 Å². The lowest BCUT2D eigenvalue weighted by molar-refractivity contribution is 0.365. The van der Waals surface area contributed by atoms with Gasteiger partial charge in [0.1, 0.15) is 7.28 Å². The molecule has 0 aliphatic carbocycles. The second-order valence-electron chi connectivity index (χ2n) is 4.91. The first-order chi connectivity index (χ1) is 5.87. The highest BCUT2D eigenvalue weighted by Gasteiger charge is 2.09. The van der Waals surface area contributed by atoms with E-state index in [-0.39, 0.29) is 0 Å². The van der Waals surface area contributed by atoms with E-state index in [0.717, 1.165) is 12.1 Å². The summed E-state index contributed by atoms with van der Waals surface area (Å²) in [5.41, 5.74) is 8.62. The lowest BCUT2D eigenvalue weighted by atomic mass is 9.72. The second kappa shape index (κ2) is 5.36. The van der Waals surface area contributed by atoms with Gasteiger partial charge in [0.05, 0.1) is 0 Å². The van der Waals surface area contributed by atoms with Gasteiger partial charge in [0.2, 0.25) is 0 Å². The van der Waals surface area contributed by atoms with Crippen LogP contribution in [0.5, 0.6) is 0 Å². The molecule has 0 heterocycles. The molecule has 0 aromatic carbocycles. The zero-order valence-electron chi connectivity index (χ0n) is 9.78. The molecule has 2 N–H and O–H groups in total. The van der Waals surface area contributed by atoms with Crippen LogP contribution in [0.4, 0.5) is 0 Å². The van der Waals surface area contributed by atoms with Crippen LogP contribution in [0.2, 0.25) is 6.82 Å². The van der Waals surface area contributed by atoms with Crippen molar-refractivity contribution in [2.75, 3.05) is 0 Å². The minimum Gasteiger partial charge on any atom is -0.403 e. The molecule has 0 aliphatic heterocycles. The Balaban J connectivity index is 3.78. The summed E-state index contributed by atoms with van der Waals surface area (Å²) >= 11 is 0. The van der Waals surface area contributed by atoms with Crippen molar-refractivity contribution in [1.29, 1.82) is 0 Å². The molecule has 1 radical (unpaired) electrons. The van der Waals surface area contributed by atoms with Gasteiger partial charge in [-0.25, -0.2) is 0 Å². The molecular weight excluding hydrogens is 157 g/mol. The van der Waals surface area contributed by atoms with Crippen LogP contribution in [0.25, 0.3) is 0 Å². The van der Waals surface area contributed by atoms with E-state index in [1.54, 1.807) is 0 Å². The molecular formula is C11H23BN. The Labute approximate surface area is 84.0 Å². The van der Waals surface area contributed by atoms with E-state index in [2.05, 4.69) is 35.0 Å². The molecule has 1 nitrogen and oxygen atoms in total. The standard InChI is InChI=1S/C11H23BN/c1-9(12-5)10(13)7-6-8-11(2,3)4/h6-8,13H2,1-5H3/b10-9-. The van der Waals surface area contributed by atoms with Gasteiger partial charge in [0.15, 0.2) is 0 Å². The maximum atomic E-state index is 5.91. The van der Waals surface area contributed by atoms with Crippen molar-refractivity contribution in [3.05, 3.63) is 11.2 Å². The topological polar surface area (TPSA) is 26.0 Å². The molecule has 0 rings (SSSR count). The Morgan fingerprint density at radius 2 is 1.85 bits per heavy atom. The fourth-order valence-corrected chi connectivity index (χ4v) is 1.19. The van der Waals surface area contributed by atoms with Crippen LogP contribution in [-0.4, -0.2) is 7.28 Å². The molecule has 0 unspecified atom stereocenters. The van der Waals surface area contributed by atoms with E-state index in [4.69, 9.17) is 5.73 Å². The summed E-state index contributed by atoms with van der Waals surface area (Å²) in [6, 6.07) is 0. The largest absolute Gasteiger partial charge is 0.403 e. The maximum absolute atomic E-state index is 5.91. The highest BCUT2D eigenvalue weighted by atomic mass is 14.6.